The molecule has 21 heavy (non-hydrogen) atoms. The maximum absolute atomic E-state index is 12.7. The van der Waals surface area contributed by atoms with Gasteiger partial charge in [0, 0.05) is 26.2 Å². The second kappa shape index (κ2) is 5.19. The summed E-state index contributed by atoms with van der Waals surface area (Å²) in [7, 11) is 0. The lowest BCUT2D eigenvalue weighted by Gasteiger charge is -2.35. The number of urea groups is 1. The molecular formula is C12H16F3N5O. The zero-order chi connectivity index (χ0) is 15.0. The summed E-state index contributed by atoms with van der Waals surface area (Å²) in [5.41, 5.74) is 0. The van der Waals surface area contributed by atoms with Crippen LogP contribution >= 0.6 is 0 Å². The van der Waals surface area contributed by atoms with Crippen LogP contribution in [0, 0.1) is 0 Å². The highest BCUT2D eigenvalue weighted by Gasteiger charge is 2.40. The largest absolute Gasteiger partial charge is 0.451 e. The fraction of sp³-hybridized carbons (Fsp3) is 0.750. The first kappa shape index (κ1) is 14.2. The normalized spacial score (nSPS) is 19.6. The molecule has 6 nitrogen and oxygen atoms in total. The number of rotatable bonds is 0. The van der Waals surface area contributed by atoms with Crippen molar-refractivity contribution in [3.8, 4) is 0 Å². The van der Waals surface area contributed by atoms with Gasteiger partial charge >= 0.3 is 12.2 Å². The van der Waals surface area contributed by atoms with Gasteiger partial charge in [-0.3, -0.25) is 0 Å². The molecule has 1 saturated heterocycles. The monoisotopic (exact) mass is 303 g/mol. The van der Waals surface area contributed by atoms with Gasteiger partial charge in [0.05, 0.1) is 6.54 Å². The van der Waals surface area contributed by atoms with E-state index in [4.69, 9.17) is 0 Å². The van der Waals surface area contributed by atoms with Crippen molar-refractivity contribution in [1.82, 2.24) is 24.6 Å². The van der Waals surface area contributed by atoms with Crippen LogP contribution in [0.1, 0.15) is 30.9 Å². The first-order valence-electron chi connectivity index (χ1n) is 7.00. The summed E-state index contributed by atoms with van der Waals surface area (Å²) in [5.74, 6) is -0.790. The number of likely N-dealkylation sites (tertiary alicyclic amines) is 1. The van der Waals surface area contributed by atoms with E-state index in [-0.39, 0.29) is 31.5 Å². The Morgan fingerprint density at radius 3 is 2.33 bits per heavy atom. The van der Waals surface area contributed by atoms with Crippen LogP contribution in [0.2, 0.25) is 0 Å². The number of carbonyl (C=O) groups excluding carboxylic acids is 1. The second-order valence-electron chi connectivity index (χ2n) is 5.34. The van der Waals surface area contributed by atoms with E-state index < -0.39 is 12.0 Å². The van der Waals surface area contributed by atoms with Gasteiger partial charge in [-0.2, -0.15) is 13.2 Å². The van der Waals surface area contributed by atoms with E-state index in [1.807, 2.05) is 0 Å². The zero-order valence-corrected chi connectivity index (χ0v) is 11.4. The van der Waals surface area contributed by atoms with Gasteiger partial charge in [-0.25, -0.2) is 4.79 Å². The van der Waals surface area contributed by atoms with E-state index in [9.17, 15) is 18.0 Å². The van der Waals surface area contributed by atoms with Crippen molar-refractivity contribution in [2.75, 3.05) is 19.6 Å². The molecule has 2 aliphatic rings. The molecule has 0 N–H and O–H groups in total. The highest BCUT2D eigenvalue weighted by atomic mass is 19.4. The first-order valence-corrected chi connectivity index (χ1v) is 7.00. The minimum absolute atomic E-state index is 0.0801. The Hall–Kier alpha value is -1.80. The lowest BCUT2D eigenvalue weighted by atomic mass is 10.1. The Balaban J connectivity index is 1.73. The van der Waals surface area contributed by atoms with Gasteiger partial charge in [0.15, 0.2) is 5.82 Å². The molecule has 0 bridgehead atoms. The van der Waals surface area contributed by atoms with Crippen LogP contribution in [0.3, 0.4) is 0 Å². The van der Waals surface area contributed by atoms with Crippen molar-refractivity contribution in [3.63, 3.8) is 0 Å². The molecule has 0 unspecified atom stereocenters. The number of fused-ring (bicyclic) bond motifs is 1. The third-order valence-corrected chi connectivity index (χ3v) is 3.90. The number of halogens is 3. The predicted molar refractivity (Wildman–Crippen MR) is 66.3 cm³/mol. The number of piperidine rings is 1. The van der Waals surface area contributed by atoms with Gasteiger partial charge in [-0.1, -0.05) is 0 Å². The van der Waals surface area contributed by atoms with Crippen LogP contribution in [-0.4, -0.2) is 50.2 Å². The van der Waals surface area contributed by atoms with Crippen LogP contribution in [-0.2, 0) is 19.3 Å². The number of alkyl halides is 3. The van der Waals surface area contributed by atoms with Crippen molar-refractivity contribution < 1.29 is 18.0 Å². The van der Waals surface area contributed by atoms with Crippen LogP contribution in [0.4, 0.5) is 18.0 Å². The molecular weight excluding hydrogens is 287 g/mol. The summed E-state index contributed by atoms with van der Waals surface area (Å²) in [5, 5.41) is 6.79. The van der Waals surface area contributed by atoms with E-state index in [2.05, 4.69) is 10.2 Å². The smallest absolute Gasteiger partial charge is 0.325 e. The number of hydrogen-bond acceptors (Lipinski definition) is 3. The Morgan fingerprint density at radius 2 is 1.67 bits per heavy atom. The summed E-state index contributed by atoms with van der Waals surface area (Å²) < 4.78 is 39.3. The van der Waals surface area contributed by atoms with Crippen molar-refractivity contribution in [2.45, 2.75) is 38.5 Å². The van der Waals surface area contributed by atoms with Gasteiger partial charge in [0.1, 0.15) is 0 Å². The molecule has 2 aliphatic heterocycles. The highest BCUT2D eigenvalue weighted by Crippen LogP contribution is 2.29. The third kappa shape index (κ3) is 2.68. The van der Waals surface area contributed by atoms with Crippen molar-refractivity contribution in [1.29, 1.82) is 0 Å². The average molecular weight is 303 g/mol. The molecule has 0 aliphatic carbocycles. The van der Waals surface area contributed by atoms with Crippen LogP contribution < -0.4 is 0 Å². The lowest BCUT2D eigenvalue weighted by Crippen LogP contribution is -2.48. The summed E-state index contributed by atoms with van der Waals surface area (Å²) >= 11 is 0. The fourth-order valence-electron chi connectivity index (χ4n) is 2.82. The zero-order valence-electron chi connectivity index (χ0n) is 11.4. The molecule has 0 aromatic carbocycles. The van der Waals surface area contributed by atoms with Crippen molar-refractivity contribution in [2.24, 2.45) is 0 Å². The van der Waals surface area contributed by atoms with Crippen LogP contribution in [0.15, 0.2) is 0 Å². The average Bonchev–Trinajstić information content (AvgIpc) is 2.90. The molecule has 0 radical (unpaired) electrons. The maximum atomic E-state index is 12.7. The molecule has 116 valence electrons. The highest BCUT2D eigenvalue weighted by molar-refractivity contribution is 5.74. The Labute approximate surface area is 119 Å². The molecule has 0 saturated carbocycles. The number of amides is 2. The second-order valence-corrected chi connectivity index (χ2v) is 5.34. The molecule has 1 aromatic heterocycles. The lowest BCUT2D eigenvalue weighted by molar-refractivity contribution is -0.147. The standard InChI is InChI=1S/C12H16F3N5O/c13-12(14,15)10-17-16-9-8-19(6-7-20(9)10)11(21)18-4-2-1-3-5-18/h1-8H2. The first-order chi connectivity index (χ1) is 9.97. The van der Waals surface area contributed by atoms with Crippen molar-refractivity contribution in [3.05, 3.63) is 11.6 Å². The molecule has 1 aromatic rings. The minimum Gasteiger partial charge on any atom is -0.325 e. The van der Waals surface area contributed by atoms with Gasteiger partial charge < -0.3 is 14.4 Å². The molecule has 3 heterocycles. The van der Waals surface area contributed by atoms with Crippen LogP contribution in [0.25, 0.3) is 0 Å². The Kier molecular flexibility index (Phi) is 3.50. The van der Waals surface area contributed by atoms with Gasteiger partial charge in [-0.05, 0) is 19.3 Å². The van der Waals surface area contributed by atoms with Gasteiger partial charge in [0.25, 0.3) is 0 Å². The van der Waals surface area contributed by atoms with E-state index in [1.54, 1.807) is 9.80 Å². The Bertz CT molecular complexity index is 535. The summed E-state index contributed by atoms with van der Waals surface area (Å²) in [6.07, 6.45) is -1.43. The van der Waals surface area contributed by atoms with Gasteiger partial charge in [0.2, 0.25) is 5.82 Å². The molecule has 1 fully saturated rings. The molecule has 0 atom stereocenters. The molecule has 3 rings (SSSR count). The number of nitrogens with zero attached hydrogens (tertiary/aromatic N) is 5. The van der Waals surface area contributed by atoms with E-state index in [1.165, 1.54) is 0 Å². The SMILES string of the molecule is O=C(N1CCCCC1)N1CCn2c(nnc2C(F)(F)F)C1. The summed E-state index contributed by atoms with van der Waals surface area (Å²) in [6.45, 7) is 1.85. The van der Waals surface area contributed by atoms with Crippen LogP contribution in [0.5, 0.6) is 0 Å². The summed E-state index contributed by atoms with van der Waals surface area (Å²) in [4.78, 5) is 15.7. The van der Waals surface area contributed by atoms with E-state index >= 15 is 0 Å². The molecule has 0 spiro atoms. The number of aromatic nitrogens is 3. The predicted octanol–water partition coefficient (Wildman–Crippen LogP) is 1.72. The molecule has 2 amide bonds. The Morgan fingerprint density at radius 1 is 0.952 bits per heavy atom. The van der Waals surface area contributed by atoms with Crippen molar-refractivity contribution >= 4 is 6.03 Å². The van der Waals surface area contributed by atoms with E-state index in [0.29, 0.717) is 0 Å². The van der Waals surface area contributed by atoms with E-state index in [0.717, 1.165) is 36.9 Å². The minimum atomic E-state index is -4.51. The quantitative estimate of drug-likeness (QED) is 0.733. The topological polar surface area (TPSA) is 54.3 Å². The third-order valence-electron chi connectivity index (χ3n) is 3.90. The maximum Gasteiger partial charge on any atom is 0.451 e. The molecule has 9 heteroatoms. The fourth-order valence-corrected chi connectivity index (χ4v) is 2.82. The number of carbonyl (C=O) groups is 1. The summed E-state index contributed by atoms with van der Waals surface area (Å²) in [6, 6.07) is -0.113. The number of hydrogen-bond donors (Lipinski definition) is 0. The van der Waals surface area contributed by atoms with Gasteiger partial charge in [-0.15, -0.1) is 10.2 Å².